The lowest BCUT2D eigenvalue weighted by Crippen LogP contribution is -1.89. The molecule has 0 amide bonds. The Morgan fingerprint density at radius 2 is 2.09 bits per heavy atom. The molecular formula is C10H10N. The topological polar surface area (TPSA) is 14.1 Å². The van der Waals surface area contributed by atoms with Crippen molar-refractivity contribution in [1.29, 1.82) is 0 Å². The van der Waals surface area contributed by atoms with Gasteiger partial charge in [0, 0.05) is 11.3 Å². The van der Waals surface area contributed by atoms with Crippen LogP contribution < -0.4 is 5.32 Å². The molecule has 0 bridgehead atoms. The van der Waals surface area contributed by atoms with Crippen molar-refractivity contribution in [3.05, 3.63) is 35.5 Å². The van der Waals surface area contributed by atoms with E-state index in [1.807, 2.05) is 12.1 Å². The minimum atomic E-state index is 1.02. The maximum absolute atomic E-state index is 4.43. The van der Waals surface area contributed by atoms with Gasteiger partial charge in [0.05, 0.1) is 5.69 Å². The predicted molar refractivity (Wildman–Crippen MR) is 46.5 cm³/mol. The molecule has 1 aromatic rings. The fourth-order valence-electron chi connectivity index (χ4n) is 1.26. The second kappa shape index (κ2) is 2.42. The number of benzene rings is 1. The molecule has 1 nitrogen and oxygen atoms in total. The van der Waals surface area contributed by atoms with Crippen molar-refractivity contribution in [1.82, 2.24) is 5.32 Å². The summed E-state index contributed by atoms with van der Waals surface area (Å²) in [5, 5.41) is 4.43. The van der Waals surface area contributed by atoms with Crippen LogP contribution in [0.5, 0.6) is 0 Å². The SMILES string of the molecule is CCC1=Cc2ccccc2[N]1. The molecule has 0 unspecified atom stereocenters. The van der Waals surface area contributed by atoms with Crippen LogP contribution in [0.4, 0.5) is 5.69 Å². The van der Waals surface area contributed by atoms with Gasteiger partial charge in [-0.25, -0.2) is 0 Å². The number of fused-ring (bicyclic) bond motifs is 1. The molecule has 2 rings (SSSR count). The average Bonchev–Trinajstić information content (AvgIpc) is 2.46. The third kappa shape index (κ3) is 1.03. The van der Waals surface area contributed by atoms with Crippen molar-refractivity contribution in [2.24, 2.45) is 0 Å². The van der Waals surface area contributed by atoms with E-state index in [2.05, 4.69) is 30.4 Å². The Hall–Kier alpha value is -1.24. The van der Waals surface area contributed by atoms with Crippen LogP contribution in [0.3, 0.4) is 0 Å². The average molecular weight is 144 g/mol. The molecule has 0 aromatic heterocycles. The molecule has 0 atom stereocenters. The zero-order valence-corrected chi connectivity index (χ0v) is 6.54. The second-order valence-corrected chi connectivity index (χ2v) is 2.66. The van der Waals surface area contributed by atoms with E-state index in [-0.39, 0.29) is 0 Å². The van der Waals surface area contributed by atoms with E-state index >= 15 is 0 Å². The van der Waals surface area contributed by atoms with E-state index in [9.17, 15) is 0 Å². The summed E-state index contributed by atoms with van der Waals surface area (Å²) in [5.74, 6) is 0. The normalized spacial score (nSPS) is 13.7. The number of allylic oxidation sites excluding steroid dienone is 1. The first kappa shape index (κ1) is 6.47. The monoisotopic (exact) mass is 144 g/mol. The van der Waals surface area contributed by atoms with Crippen molar-refractivity contribution in [2.75, 3.05) is 0 Å². The molecule has 0 fully saturated rings. The maximum atomic E-state index is 4.43. The number of hydrogen-bond donors (Lipinski definition) is 0. The van der Waals surface area contributed by atoms with Gasteiger partial charge < -0.3 is 0 Å². The van der Waals surface area contributed by atoms with Gasteiger partial charge in [-0.15, -0.1) is 0 Å². The fourth-order valence-corrected chi connectivity index (χ4v) is 1.26. The van der Waals surface area contributed by atoms with Crippen molar-refractivity contribution in [3.63, 3.8) is 0 Å². The van der Waals surface area contributed by atoms with Crippen molar-refractivity contribution >= 4 is 11.8 Å². The van der Waals surface area contributed by atoms with E-state index in [1.54, 1.807) is 0 Å². The maximum Gasteiger partial charge on any atom is 0.0705 e. The lowest BCUT2D eigenvalue weighted by molar-refractivity contribution is 0.970. The molecule has 0 spiro atoms. The van der Waals surface area contributed by atoms with Crippen LogP contribution in [0.2, 0.25) is 0 Å². The van der Waals surface area contributed by atoms with Crippen LogP contribution in [-0.4, -0.2) is 0 Å². The summed E-state index contributed by atoms with van der Waals surface area (Å²) >= 11 is 0. The number of nitrogens with zero attached hydrogens (tertiary/aromatic N) is 1. The first-order valence-corrected chi connectivity index (χ1v) is 3.91. The summed E-state index contributed by atoms with van der Waals surface area (Å²) in [6.45, 7) is 2.13. The standard InChI is InChI=1S/C10H10N/c1-2-9-7-8-5-3-4-6-10(8)11-9/h3-7H,2H2,1H3. The van der Waals surface area contributed by atoms with Crippen LogP contribution in [0, 0.1) is 0 Å². The van der Waals surface area contributed by atoms with Crippen molar-refractivity contribution < 1.29 is 0 Å². The highest BCUT2D eigenvalue weighted by atomic mass is 14.9. The van der Waals surface area contributed by atoms with Gasteiger partial charge >= 0.3 is 0 Å². The van der Waals surface area contributed by atoms with Crippen LogP contribution in [0.1, 0.15) is 18.9 Å². The summed E-state index contributed by atoms with van der Waals surface area (Å²) in [7, 11) is 0. The molecule has 0 saturated carbocycles. The highest BCUT2D eigenvalue weighted by Crippen LogP contribution is 2.27. The first-order chi connectivity index (χ1) is 5.40. The van der Waals surface area contributed by atoms with Gasteiger partial charge in [0.25, 0.3) is 0 Å². The molecule has 1 heterocycles. The van der Waals surface area contributed by atoms with Crippen molar-refractivity contribution in [3.8, 4) is 0 Å². The fraction of sp³-hybridized carbons (Fsp3) is 0.200. The molecule has 0 saturated heterocycles. The molecule has 1 aliphatic rings. The molecule has 1 aromatic carbocycles. The zero-order valence-electron chi connectivity index (χ0n) is 6.54. The van der Waals surface area contributed by atoms with Gasteiger partial charge in [0.15, 0.2) is 0 Å². The Morgan fingerprint density at radius 3 is 2.82 bits per heavy atom. The summed E-state index contributed by atoms with van der Waals surface area (Å²) in [5.41, 5.74) is 3.56. The summed E-state index contributed by atoms with van der Waals surface area (Å²) < 4.78 is 0. The van der Waals surface area contributed by atoms with Crippen LogP contribution in [0.25, 0.3) is 6.08 Å². The van der Waals surface area contributed by atoms with E-state index in [4.69, 9.17) is 0 Å². The van der Waals surface area contributed by atoms with Crippen LogP contribution >= 0.6 is 0 Å². The molecule has 1 radical (unpaired) electrons. The summed E-state index contributed by atoms with van der Waals surface area (Å²) in [6.07, 6.45) is 3.17. The first-order valence-electron chi connectivity index (χ1n) is 3.91. The lowest BCUT2D eigenvalue weighted by Gasteiger charge is -1.96. The minimum Gasteiger partial charge on any atom is -0.253 e. The molecular weight excluding hydrogens is 134 g/mol. The van der Waals surface area contributed by atoms with Gasteiger partial charge in [0.2, 0.25) is 0 Å². The number of hydrogen-bond acceptors (Lipinski definition) is 0. The second-order valence-electron chi connectivity index (χ2n) is 2.66. The largest absolute Gasteiger partial charge is 0.253 e. The highest BCUT2D eigenvalue weighted by molar-refractivity contribution is 5.71. The Labute approximate surface area is 66.7 Å². The minimum absolute atomic E-state index is 1.02. The Bertz CT molecular complexity index is 299. The van der Waals surface area contributed by atoms with E-state index < -0.39 is 0 Å². The molecule has 11 heavy (non-hydrogen) atoms. The van der Waals surface area contributed by atoms with Crippen molar-refractivity contribution in [2.45, 2.75) is 13.3 Å². The van der Waals surface area contributed by atoms with Gasteiger partial charge in [0.1, 0.15) is 0 Å². The number of para-hydroxylation sites is 1. The molecule has 1 aliphatic heterocycles. The smallest absolute Gasteiger partial charge is 0.0705 e. The molecule has 55 valence electrons. The number of rotatable bonds is 1. The summed E-state index contributed by atoms with van der Waals surface area (Å²) in [4.78, 5) is 0. The van der Waals surface area contributed by atoms with E-state index in [0.29, 0.717) is 0 Å². The van der Waals surface area contributed by atoms with E-state index in [1.165, 1.54) is 11.3 Å². The van der Waals surface area contributed by atoms with Gasteiger partial charge in [-0.05, 0) is 18.6 Å². The third-order valence-corrected chi connectivity index (χ3v) is 1.89. The van der Waals surface area contributed by atoms with Gasteiger partial charge in [-0.3, -0.25) is 5.32 Å². The lowest BCUT2D eigenvalue weighted by atomic mass is 10.2. The zero-order chi connectivity index (χ0) is 7.68. The Kier molecular flexibility index (Phi) is 1.42. The Morgan fingerprint density at radius 1 is 1.27 bits per heavy atom. The highest BCUT2D eigenvalue weighted by Gasteiger charge is 2.09. The quantitative estimate of drug-likeness (QED) is 0.575. The van der Waals surface area contributed by atoms with Crippen LogP contribution in [-0.2, 0) is 0 Å². The van der Waals surface area contributed by atoms with E-state index in [0.717, 1.165) is 12.1 Å². The van der Waals surface area contributed by atoms with Gasteiger partial charge in [-0.2, -0.15) is 0 Å². The van der Waals surface area contributed by atoms with Gasteiger partial charge in [-0.1, -0.05) is 25.1 Å². The third-order valence-electron chi connectivity index (χ3n) is 1.89. The van der Waals surface area contributed by atoms with Crippen LogP contribution in [0.15, 0.2) is 30.0 Å². The summed E-state index contributed by atoms with van der Waals surface area (Å²) in [6, 6.07) is 8.22. The molecule has 1 heteroatoms. The molecule has 0 N–H and O–H groups in total. The predicted octanol–water partition coefficient (Wildman–Crippen LogP) is 2.69. The Balaban J connectivity index is 2.39. The molecule has 0 aliphatic carbocycles.